The molecule has 4 atom stereocenters. The second-order valence-electron chi connectivity index (χ2n) is 9.13. The smallest absolute Gasteiger partial charge is 0.407 e. The van der Waals surface area contributed by atoms with Gasteiger partial charge in [-0.15, -0.1) is 0 Å². The molecule has 0 spiro atoms. The summed E-state index contributed by atoms with van der Waals surface area (Å²) in [5.41, 5.74) is 2.08. The van der Waals surface area contributed by atoms with Crippen LogP contribution in [0.5, 0.6) is 5.75 Å². The zero-order chi connectivity index (χ0) is 24.5. The van der Waals surface area contributed by atoms with E-state index in [0.29, 0.717) is 18.7 Å². The molecule has 1 aliphatic heterocycles. The molecule has 5 rings (SSSR count). The summed E-state index contributed by atoms with van der Waals surface area (Å²) in [6.07, 6.45) is 0.886. The Kier molecular flexibility index (Phi) is 6.15. The minimum atomic E-state index is -0.954. The number of carbonyl (C=O) groups excluding carboxylic acids is 1. The van der Waals surface area contributed by atoms with Crippen molar-refractivity contribution < 1.29 is 28.3 Å². The van der Waals surface area contributed by atoms with Crippen LogP contribution in [0.25, 0.3) is 11.1 Å². The van der Waals surface area contributed by atoms with E-state index in [1.807, 2.05) is 24.3 Å². The van der Waals surface area contributed by atoms with Crippen molar-refractivity contribution >= 4 is 12.0 Å². The topological polar surface area (TPSA) is 105 Å². The lowest BCUT2D eigenvalue weighted by atomic mass is 9.91. The predicted octanol–water partition coefficient (Wildman–Crippen LogP) is 4.22. The summed E-state index contributed by atoms with van der Waals surface area (Å²) >= 11 is 0. The van der Waals surface area contributed by atoms with Crippen LogP contribution < -0.4 is 10.1 Å². The molecule has 2 aliphatic rings. The van der Waals surface area contributed by atoms with Crippen LogP contribution in [0.1, 0.15) is 29.1 Å². The molecule has 2 amide bonds. The fourth-order valence-electron chi connectivity index (χ4n) is 5.39. The van der Waals surface area contributed by atoms with Crippen molar-refractivity contribution in [3.05, 3.63) is 71.9 Å². The molecule has 0 radical (unpaired) electrons. The molecule has 1 saturated heterocycles. The number of ether oxygens (including phenoxy) is 1. The largest absolute Gasteiger partial charge is 0.490 e. The van der Waals surface area contributed by atoms with Gasteiger partial charge in [-0.25, -0.2) is 9.18 Å². The van der Waals surface area contributed by atoms with E-state index >= 15 is 0 Å². The van der Waals surface area contributed by atoms with Gasteiger partial charge in [-0.3, -0.25) is 4.79 Å². The predicted molar refractivity (Wildman–Crippen MR) is 125 cm³/mol. The lowest BCUT2D eigenvalue weighted by Gasteiger charge is -2.25. The van der Waals surface area contributed by atoms with Crippen LogP contribution in [0.15, 0.2) is 59.1 Å². The van der Waals surface area contributed by atoms with Crippen molar-refractivity contribution in [2.24, 2.45) is 11.8 Å². The number of amides is 2. The molecule has 35 heavy (non-hydrogen) atoms. The third-order valence-corrected chi connectivity index (χ3v) is 7.04. The molecule has 3 aromatic rings. The Hall–Kier alpha value is -3.88. The first-order valence-electron chi connectivity index (χ1n) is 11.6. The molecule has 1 saturated carbocycles. The van der Waals surface area contributed by atoms with Gasteiger partial charge >= 0.3 is 6.09 Å². The lowest BCUT2D eigenvalue weighted by Crippen LogP contribution is -2.39. The Balaban J connectivity index is 1.25. The normalized spacial score (nSPS) is 23.2. The number of fused-ring (bicyclic) bond motifs is 1. The van der Waals surface area contributed by atoms with Crippen LogP contribution in [-0.2, 0) is 6.42 Å². The van der Waals surface area contributed by atoms with Crippen molar-refractivity contribution in [3.63, 3.8) is 0 Å². The van der Waals surface area contributed by atoms with Crippen molar-refractivity contribution in [2.45, 2.75) is 31.4 Å². The standard InChI is InChI=1S/C26H26FN3O5/c1-28-25(31)23-12-21(35-29-23)13-24-22-11-20(10-17(22)14-30(24)26(32)33)34-19-8-4-16(5-9-19)15-2-6-18(27)7-3-15/h2-9,12,17,20,22,24H,10-11,13-14H2,1H3,(H,28,31)(H,32,33)/t17-,20-,22-,24?/m0/s1. The highest BCUT2D eigenvalue weighted by atomic mass is 19.1. The number of hydrogen-bond acceptors (Lipinski definition) is 5. The third kappa shape index (κ3) is 4.71. The summed E-state index contributed by atoms with van der Waals surface area (Å²) < 4.78 is 24.7. The van der Waals surface area contributed by atoms with Gasteiger partial charge in [0.2, 0.25) is 0 Å². The highest BCUT2D eigenvalue weighted by Crippen LogP contribution is 2.44. The van der Waals surface area contributed by atoms with Gasteiger partial charge in [0, 0.05) is 32.1 Å². The lowest BCUT2D eigenvalue weighted by molar-refractivity contribution is 0.0954. The van der Waals surface area contributed by atoms with E-state index in [1.165, 1.54) is 24.1 Å². The zero-order valence-electron chi connectivity index (χ0n) is 19.2. The number of benzene rings is 2. The Morgan fingerprint density at radius 3 is 2.49 bits per heavy atom. The van der Waals surface area contributed by atoms with E-state index in [4.69, 9.17) is 9.26 Å². The van der Waals surface area contributed by atoms with Gasteiger partial charge in [0.1, 0.15) is 17.3 Å². The number of halogens is 1. The van der Waals surface area contributed by atoms with E-state index in [0.717, 1.165) is 29.7 Å². The monoisotopic (exact) mass is 479 g/mol. The van der Waals surface area contributed by atoms with Crippen LogP contribution in [0.3, 0.4) is 0 Å². The molecular weight excluding hydrogens is 453 g/mol. The Labute approximate surface area is 201 Å². The summed E-state index contributed by atoms with van der Waals surface area (Å²) in [6.45, 7) is 0.449. The minimum Gasteiger partial charge on any atom is -0.490 e. The van der Waals surface area contributed by atoms with E-state index in [2.05, 4.69) is 10.5 Å². The molecule has 9 heteroatoms. The highest BCUT2D eigenvalue weighted by Gasteiger charge is 2.50. The van der Waals surface area contributed by atoms with Crippen LogP contribution in [0.2, 0.25) is 0 Å². The maximum atomic E-state index is 13.2. The van der Waals surface area contributed by atoms with Crippen molar-refractivity contribution in [1.82, 2.24) is 15.4 Å². The molecule has 182 valence electrons. The Bertz CT molecular complexity index is 1210. The summed E-state index contributed by atoms with van der Waals surface area (Å²) in [5, 5.41) is 16.0. The van der Waals surface area contributed by atoms with E-state index in [1.54, 1.807) is 18.2 Å². The van der Waals surface area contributed by atoms with Gasteiger partial charge in [0.05, 0.1) is 6.10 Å². The van der Waals surface area contributed by atoms with Crippen molar-refractivity contribution in [3.8, 4) is 16.9 Å². The molecule has 2 fully saturated rings. The number of carbonyl (C=O) groups is 2. The number of rotatable bonds is 6. The maximum absolute atomic E-state index is 13.2. The second kappa shape index (κ2) is 9.40. The average molecular weight is 480 g/mol. The minimum absolute atomic E-state index is 0.0173. The van der Waals surface area contributed by atoms with Gasteiger partial charge in [0.25, 0.3) is 5.91 Å². The maximum Gasteiger partial charge on any atom is 0.407 e. The Morgan fingerprint density at radius 1 is 1.14 bits per heavy atom. The summed E-state index contributed by atoms with van der Waals surface area (Å²) in [6, 6.07) is 15.4. The first-order chi connectivity index (χ1) is 16.9. The molecule has 8 nitrogen and oxygen atoms in total. The molecule has 0 bridgehead atoms. The van der Waals surface area contributed by atoms with Gasteiger partial charge in [-0.1, -0.05) is 29.4 Å². The second-order valence-corrected chi connectivity index (χ2v) is 9.13. The quantitative estimate of drug-likeness (QED) is 0.549. The molecule has 1 aliphatic carbocycles. The van der Waals surface area contributed by atoms with Crippen LogP contribution in [0.4, 0.5) is 9.18 Å². The first-order valence-corrected chi connectivity index (χ1v) is 11.6. The third-order valence-electron chi connectivity index (χ3n) is 7.04. The van der Waals surface area contributed by atoms with Gasteiger partial charge in [-0.2, -0.15) is 0 Å². The van der Waals surface area contributed by atoms with Crippen LogP contribution in [-0.4, -0.2) is 52.9 Å². The number of nitrogens with zero attached hydrogens (tertiary/aromatic N) is 2. The SMILES string of the molecule is CNC(=O)c1cc(CC2[C@H]3C[C@@H](Oc4ccc(-c5ccc(F)cc5)cc4)C[C@H]3CN2C(=O)O)on1. The molecule has 2 heterocycles. The first kappa shape index (κ1) is 22.9. The summed E-state index contributed by atoms with van der Waals surface area (Å²) in [5.74, 6) is 0.942. The number of hydrogen-bond donors (Lipinski definition) is 2. The van der Waals surface area contributed by atoms with Crippen LogP contribution >= 0.6 is 0 Å². The van der Waals surface area contributed by atoms with Crippen LogP contribution in [0, 0.1) is 17.7 Å². The van der Waals surface area contributed by atoms with Crippen molar-refractivity contribution in [1.29, 1.82) is 0 Å². The Morgan fingerprint density at radius 2 is 1.83 bits per heavy atom. The number of likely N-dealkylation sites (tertiary alicyclic amines) is 1. The molecule has 2 aromatic carbocycles. The average Bonchev–Trinajstić information content (AvgIpc) is 3.56. The number of aromatic nitrogens is 1. The van der Waals surface area contributed by atoms with Gasteiger partial charge in [0.15, 0.2) is 5.69 Å². The molecule has 1 unspecified atom stereocenters. The van der Waals surface area contributed by atoms with Gasteiger partial charge in [-0.05, 0) is 60.1 Å². The summed E-state index contributed by atoms with van der Waals surface area (Å²) in [7, 11) is 1.51. The fourth-order valence-corrected chi connectivity index (χ4v) is 5.39. The van der Waals surface area contributed by atoms with Gasteiger partial charge < -0.3 is 24.6 Å². The van der Waals surface area contributed by atoms with E-state index in [-0.39, 0.29) is 41.4 Å². The molecule has 2 N–H and O–H groups in total. The zero-order valence-corrected chi connectivity index (χ0v) is 19.2. The fraction of sp³-hybridized carbons (Fsp3) is 0.346. The molecule has 1 aromatic heterocycles. The number of nitrogens with one attached hydrogen (secondary N) is 1. The van der Waals surface area contributed by atoms with Crippen molar-refractivity contribution in [2.75, 3.05) is 13.6 Å². The highest BCUT2D eigenvalue weighted by molar-refractivity contribution is 5.91. The summed E-state index contributed by atoms with van der Waals surface area (Å²) in [4.78, 5) is 25.2. The number of carboxylic acid groups (broad SMARTS) is 1. The van der Waals surface area contributed by atoms with E-state index < -0.39 is 6.09 Å². The van der Waals surface area contributed by atoms with E-state index in [9.17, 15) is 19.1 Å². The molecular formula is C26H26FN3O5.